The molecule has 2 unspecified atom stereocenters. The zero-order chi connectivity index (χ0) is 32.8. The molecule has 7 nitrogen and oxygen atoms in total. The summed E-state index contributed by atoms with van der Waals surface area (Å²) in [5, 5.41) is 6.02. The van der Waals surface area contributed by atoms with Crippen molar-refractivity contribution in [2.24, 2.45) is 0 Å². The average molecular weight is 600 g/mol. The maximum absolute atomic E-state index is 14.9. The Morgan fingerprint density at radius 1 is 0.818 bits per heavy atom. The number of anilines is 1. The smallest absolute Gasteiger partial charge is 0.408 e. The van der Waals surface area contributed by atoms with Crippen molar-refractivity contribution in [3.05, 3.63) is 100 Å². The van der Waals surface area contributed by atoms with Crippen molar-refractivity contribution in [1.82, 2.24) is 10.2 Å². The molecule has 3 rings (SSSR count). The average Bonchev–Trinajstić information content (AvgIpc) is 2.94. The second-order valence-electron chi connectivity index (χ2n) is 13.3. The number of alkyl carbamates (subject to hydrolysis) is 1. The Morgan fingerprint density at radius 3 is 2.00 bits per heavy atom. The van der Waals surface area contributed by atoms with Crippen LogP contribution in [0.4, 0.5) is 10.5 Å². The Kier molecular flexibility index (Phi) is 11.0. The van der Waals surface area contributed by atoms with Crippen LogP contribution in [0.5, 0.6) is 0 Å². The van der Waals surface area contributed by atoms with E-state index >= 15 is 0 Å². The Morgan fingerprint density at radius 2 is 1.43 bits per heavy atom. The summed E-state index contributed by atoms with van der Waals surface area (Å²) in [4.78, 5) is 44.3. The van der Waals surface area contributed by atoms with E-state index in [1.807, 2.05) is 115 Å². The second-order valence-corrected chi connectivity index (χ2v) is 13.3. The third-order valence-electron chi connectivity index (χ3n) is 7.99. The standard InChI is InChI=1S/C37H49N3O4/c1-11-37(9,10)40(34(42)30(23-28-18-13-12-14-19-28)38-35(43)44-36(6,7)8)32(29-22-24(2)20-21-25(29)3)33(41)39-31-26(4)16-15-17-27(31)5/h12-22,30,32H,11,23H2,1-10H3,(H,38,43)(H,39,41). The minimum Gasteiger partial charge on any atom is -0.444 e. The highest BCUT2D eigenvalue weighted by Crippen LogP contribution is 2.35. The van der Waals surface area contributed by atoms with E-state index in [2.05, 4.69) is 10.6 Å². The summed E-state index contributed by atoms with van der Waals surface area (Å²) in [7, 11) is 0. The van der Waals surface area contributed by atoms with Gasteiger partial charge in [-0.05, 0) is 96.6 Å². The van der Waals surface area contributed by atoms with Crippen LogP contribution in [0.1, 0.15) is 87.4 Å². The fourth-order valence-corrected chi connectivity index (χ4v) is 5.27. The maximum Gasteiger partial charge on any atom is 0.408 e. The van der Waals surface area contributed by atoms with Crippen LogP contribution in [-0.2, 0) is 20.7 Å². The summed E-state index contributed by atoms with van der Waals surface area (Å²) in [6.07, 6.45) is 0.110. The molecule has 7 heteroatoms. The number of aryl methyl sites for hydroxylation is 4. The highest BCUT2D eigenvalue weighted by Gasteiger charge is 2.44. The number of hydrogen-bond acceptors (Lipinski definition) is 4. The van der Waals surface area contributed by atoms with Gasteiger partial charge >= 0.3 is 6.09 Å². The van der Waals surface area contributed by atoms with Gasteiger partial charge in [0.2, 0.25) is 5.91 Å². The lowest BCUT2D eigenvalue weighted by Crippen LogP contribution is -2.59. The van der Waals surface area contributed by atoms with Gasteiger partial charge in [0.15, 0.2) is 0 Å². The van der Waals surface area contributed by atoms with Crippen LogP contribution >= 0.6 is 0 Å². The molecular weight excluding hydrogens is 550 g/mol. The summed E-state index contributed by atoms with van der Waals surface area (Å²) in [6, 6.07) is 19.4. The van der Waals surface area contributed by atoms with Crippen LogP contribution in [0.2, 0.25) is 0 Å². The van der Waals surface area contributed by atoms with Gasteiger partial charge in [0, 0.05) is 17.6 Å². The molecule has 2 N–H and O–H groups in total. The van der Waals surface area contributed by atoms with Crippen LogP contribution < -0.4 is 10.6 Å². The number of amides is 3. The molecule has 0 saturated carbocycles. The van der Waals surface area contributed by atoms with Gasteiger partial charge in [-0.25, -0.2) is 4.79 Å². The van der Waals surface area contributed by atoms with Crippen molar-refractivity contribution >= 4 is 23.6 Å². The van der Waals surface area contributed by atoms with Crippen LogP contribution in [0.3, 0.4) is 0 Å². The minimum absolute atomic E-state index is 0.229. The number of nitrogens with one attached hydrogen (secondary N) is 2. The predicted molar refractivity (Wildman–Crippen MR) is 178 cm³/mol. The van der Waals surface area contributed by atoms with Crippen molar-refractivity contribution in [1.29, 1.82) is 0 Å². The topological polar surface area (TPSA) is 87.7 Å². The van der Waals surface area contributed by atoms with E-state index in [0.717, 1.165) is 39.1 Å². The molecule has 3 aromatic carbocycles. The lowest BCUT2D eigenvalue weighted by Gasteiger charge is -2.45. The third kappa shape index (κ3) is 8.71. The number of ether oxygens (including phenoxy) is 1. The molecule has 0 fully saturated rings. The first kappa shape index (κ1) is 34.4. The molecule has 0 aliphatic heterocycles. The minimum atomic E-state index is -0.987. The molecular formula is C37H49N3O4. The highest BCUT2D eigenvalue weighted by atomic mass is 16.6. The van der Waals surface area contributed by atoms with E-state index in [0.29, 0.717) is 6.42 Å². The molecule has 0 heterocycles. The van der Waals surface area contributed by atoms with E-state index in [1.165, 1.54) is 0 Å². The summed E-state index contributed by atoms with van der Waals surface area (Å²) in [5.74, 6) is -0.684. The molecule has 0 spiro atoms. The van der Waals surface area contributed by atoms with Crippen molar-refractivity contribution in [2.75, 3.05) is 5.32 Å². The molecule has 0 aromatic heterocycles. The number of benzene rings is 3. The molecule has 3 aromatic rings. The zero-order valence-electron chi connectivity index (χ0n) is 28.0. The number of para-hydroxylation sites is 1. The Hall–Kier alpha value is -4.13. The second kappa shape index (κ2) is 14.1. The molecule has 0 bridgehead atoms. The fraction of sp³-hybridized carbons (Fsp3) is 0.432. The predicted octanol–water partition coefficient (Wildman–Crippen LogP) is 7.75. The van der Waals surface area contributed by atoms with E-state index in [-0.39, 0.29) is 18.2 Å². The van der Waals surface area contributed by atoms with Gasteiger partial charge in [0.25, 0.3) is 5.91 Å². The molecule has 2 atom stereocenters. The number of rotatable bonds is 10. The van der Waals surface area contributed by atoms with Crippen LogP contribution in [-0.4, -0.2) is 40.0 Å². The van der Waals surface area contributed by atoms with Gasteiger partial charge < -0.3 is 20.3 Å². The van der Waals surface area contributed by atoms with E-state index in [9.17, 15) is 14.4 Å². The van der Waals surface area contributed by atoms with Gasteiger partial charge in [0.1, 0.15) is 17.7 Å². The number of carbonyl (C=O) groups excluding carboxylic acids is 3. The van der Waals surface area contributed by atoms with Gasteiger partial charge in [-0.2, -0.15) is 0 Å². The summed E-state index contributed by atoms with van der Waals surface area (Å²) < 4.78 is 5.58. The molecule has 44 heavy (non-hydrogen) atoms. The first-order valence-electron chi connectivity index (χ1n) is 15.3. The van der Waals surface area contributed by atoms with Gasteiger partial charge in [-0.1, -0.05) is 79.2 Å². The van der Waals surface area contributed by atoms with Crippen molar-refractivity contribution in [3.63, 3.8) is 0 Å². The van der Waals surface area contributed by atoms with Crippen molar-refractivity contribution < 1.29 is 19.1 Å². The summed E-state index contributed by atoms with van der Waals surface area (Å²) in [6.45, 7) is 19.1. The molecule has 0 radical (unpaired) electrons. The van der Waals surface area contributed by atoms with E-state index in [1.54, 1.807) is 25.7 Å². The van der Waals surface area contributed by atoms with E-state index < -0.39 is 29.3 Å². The van der Waals surface area contributed by atoms with Crippen LogP contribution in [0.25, 0.3) is 0 Å². The first-order valence-corrected chi connectivity index (χ1v) is 15.3. The number of nitrogens with zero attached hydrogens (tertiary/aromatic N) is 1. The largest absolute Gasteiger partial charge is 0.444 e. The molecule has 3 amide bonds. The summed E-state index contributed by atoms with van der Waals surface area (Å²) >= 11 is 0. The Balaban J connectivity index is 2.21. The lowest BCUT2D eigenvalue weighted by atomic mass is 9.89. The first-order chi connectivity index (χ1) is 20.5. The Bertz CT molecular complexity index is 1450. The van der Waals surface area contributed by atoms with Crippen molar-refractivity contribution in [2.45, 2.75) is 105 Å². The third-order valence-corrected chi connectivity index (χ3v) is 7.99. The number of hydrogen-bond donors (Lipinski definition) is 2. The quantitative estimate of drug-likeness (QED) is 0.249. The molecule has 0 aliphatic rings. The SMILES string of the molecule is CCC(C)(C)N(C(=O)C(Cc1ccccc1)NC(=O)OC(C)(C)C)C(C(=O)Nc1c(C)cccc1C)c1cc(C)ccc1C. The van der Waals surface area contributed by atoms with Gasteiger partial charge in [-0.15, -0.1) is 0 Å². The van der Waals surface area contributed by atoms with E-state index in [4.69, 9.17) is 4.74 Å². The zero-order valence-corrected chi connectivity index (χ0v) is 28.0. The number of carbonyl (C=O) groups is 3. The normalized spacial score (nSPS) is 13.0. The van der Waals surface area contributed by atoms with Crippen LogP contribution in [0.15, 0.2) is 66.7 Å². The maximum atomic E-state index is 14.9. The monoisotopic (exact) mass is 599 g/mol. The Labute approximate surface area is 263 Å². The van der Waals surface area contributed by atoms with Crippen molar-refractivity contribution in [3.8, 4) is 0 Å². The van der Waals surface area contributed by atoms with Gasteiger partial charge in [-0.3, -0.25) is 9.59 Å². The molecule has 0 aliphatic carbocycles. The lowest BCUT2D eigenvalue weighted by molar-refractivity contribution is -0.147. The van der Waals surface area contributed by atoms with Gasteiger partial charge in [0.05, 0.1) is 0 Å². The molecule has 0 saturated heterocycles. The van der Waals surface area contributed by atoms with Crippen LogP contribution in [0, 0.1) is 27.7 Å². The highest BCUT2D eigenvalue weighted by molar-refractivity contribution is 6.00. The molecule has 236 valence electrons. The summed E-state index contributed by atoms with van der Waals surface area (Å²) in [5.41, 5.74) is 4.55. The fourth-order valence-electron chi connectivity index (χ4n) is 5.27.